The Kier molecular flexibility index (Phi) is 4.28. The summed E-state index contributed by atoms with van der Waals surface area (Å²) < 4.78 is 11.2. The third-order valence-corrected chi connectivity index (χ3v) is 4.30. The van der Waals surface area contributed by atoms with E-state index in [-0.39, 0.29) is 5.63 Å². The lowest BCUT2D eigenvalue weighted by Crippen LogP contribution is -2.02. The average molecular weight is 342 g/mol. The zero-order valence-corrected chi connectivity index (χ0v) is 14.4. The van der Waals surface area contributed by atoms with E-state index in [1.165, 1.54) is 0 Å². The molecular weight excluding hydrogens is 324 g/mol. The monoisotopic (exact) mass is 342 g/mol. The van der Waals surface area contributed by atoms with Crippen LogP contribution in [0.5, 0.6) is 5.75 Å². The maximum Gasteiger partial charge on any atom is 0.344 e. The van der Waals surface area contributed by atoms with Gasteiger partial charge in [-0.25, -0.2) is 4.79 Å². The zero-order valence-electron chi connectivity index (χ0n) is 14.4. The molecule has 0 spiro atoms. The standard InChI is InChI=1S/C23H18O3/c1-16-7-12-22-19(13-16)14-21(23(24)26-22)18-8-10-20(11-9-18)25-15-17-5-3-2-4-6-17/h2-14H,15H2,1H3. The van der Waals surface area contributed by atoms with Crippen LogP contribution in [0.4, 0.5) is 0 Å². The summed E-state index contributed by atoms with van der Waals surface area (Å²) in [4.78, 5) is 12.3. The van der Waals surface area contributed by atoms with Crippen molar-refractivity contribution in [3.8, 4) is 16.9 Å². The Morgan fingerprint density at radius 3 is 2.42 bits per heavy atom. The van der Waals surface area contributed by atoms with E-state index in [2.05, 4.69) is 0 Å². The Balaban J connectivity index is 1.59. The second-order valence-corrected chi connectivity index (χ2v) is 6.29. The molecule has 1 aromatic heterocycles. The zero-order chi connectivity index (χ0) is 17.9. The Morgan fingerprint density at radius 2 is 1.65 bits per heavy atom. The van der Waals surface area contributed by atoms with Crippen molar-refractivity contribution in [2.24, 2.45) is 0 Å². The fraction of sp³-hybridized carbons (Fsp3) is 0.0870. The van der Waals surface area contributed by atoms with Gasteiger partial charge in [0, 0.05) is 5.39 Å². The van der Waals surface area contributed by atoms with Gasteiger partial charge < -0.3 is 9.15 Å². The van der Waals surface area contributed by atoms with Gasteiger partial charge in [0.2, 0.25) is 0 Å². The summed E-state index contributed by atoms with van der Waals surface area (Å²) in [6.45, 7) is 2.53. The molecule has 0 saturated heterocycles. The Morgan fingerprint density at radius 1 is 0.885 bits per heavy atom. The van der Waals surface area contributed by atoms with Crippen molar-refractivity contribution in [2.45, 2.75) is 13.5 Å². The van der Waals surface area contributed by atoms with Crippen LogP contribution in [0, 0.1) is 6.92 Å². The molecule has 0 N–H and O–H groups in total. The van der Waals surface area contributed by atoms with E-state index in [0.29, 0.717) is 17.8 Å². The highest BCUT2D eigenvalue weighted by Gasteiger charge is 2.08. The summed E-state index contributed by atoms with van der Waals surface area (Å²) >= 11 is 0. The van der Waals surface area contributed by atoms with Crippen molar-refractivity contribution in [3.63, 3.8) is 0 Å². The lowest BCUT2D eigenvalue weighted by Gasteiger charge is -2.08. The molecule has 3 aromatic carbocycles. The Bertz CT molecular complexity index is 1090. The SMILES string of the molecule is Cc1ccc2oc(=O)c(-c3ccc(OCc4ccccc4)cc3)cc2c1. The van der Waals surface area contributed by atoms with Crippen LogP contribution < -0.4 is 10.4 Å². The summed E-state index contributed by atoms with van der Waals surface area (Å²) in [5.74, 6) is 0.763. The topological polar surface area (TPSA) is 39.4 Å². The highest BCUT2D eigenvalue weighted by Crippen LogP contribution is 2.24. The third kappa shape index (κ3) is 3.38. The number of aryl methyl sites for hydroxylation is 1. The molecule has 0 atom stereocenters. The van der Waals surface area contributed by atoms with Gasteiger partial charge in [0.05, 0.1) is 5.56 Å². The van der Waals surface area contributed by atoms with E-state index in [1.807, 2.05) is 85.8 Å². The van der Waals surface area contributed by atoms with Gasteiger partial charge in [0.15, 0.2) is 0 Å². The molecular formula is C23H18O3. The van der Waals surface area contributed by atoms with E-state index in [4.69, 9.17) is 9.15 Å². The van der Waals surface area contributed by atoms with Gasteiger partial charge in [-0.15, -0.1) is 0 Å². The van der Waals surface area contributed by atoms with Crippen LogP contribution in [0.25, 0.3) is 22.1 Å². The van der Waals surface area contributed by atoms with Crippen molar-refractivity contribution < 1.29 is 9.15 Å². The van der Waals surface area contributed by atoms with Crippen molar-refractivity contribution in [2.75, 3.05) is 0 Å². The van der Waals surface area contributed by atoms with Crippen LogP contribution in [-0.4, -0.2) is 0 Å². The summed E-state index contributed by atoms with van der Waals surface area (Å²) in [6.07, 6.45) is 0. The molecule has 0 aliphatic carbocycles. The normalized spacial score (nSPS) is 10.8. The maximum atomic E-state index is 12.3. The Labute approximate surface area is 151 Å². The molecule has 4 aromatic rings. The van der Waals surface area contributed by atoms with Crippen LogP contribution in [0.2, 0.25) is 0 Å². The largest absolute Gasteiger partial charge is 0.489 e. The van der Waals surface area contributed by atoms with E-state index < -0.39 is 0 Å². The number of hydrogen-bond acceptors (Lipinski definition) is 3. The van der Waals surface area contributed by atoms with Crippen molar-refractivity contribution in [1.29, 1.82) is 0 Å². The first kappa shape index (κ1) is 16.2. The quantitative estimate of drug-likeness (QED) is 0.470. The molecule has 26 heavy (non-hydrogen) atoms. The lowest BCUT2D eigenvalue weighted by atomic mass is 10.0. The fourth-order valence-electron chi connectivity index (χ4n) is 2.92. The summed E-state index contributed by atoms with van der Waals surface area (Å²) in [5, 5.41) is 0.920. The van der Waals surface area contributed by atoms with Crippen LogP contribution >= 0.6 is 0 Å². The maximum absolute atomic E-state index is 12.3. The second-order valence-electron chi connectivity index (χ2n) is 6.29. The van der Waals surface area contributed by atoms with Crippen LogP contribution in [0.15, 0.2) is 88.1 Å². The molecule has 3 nitrogen and oxygen atoms in total. The van der Waals surface area contributed by atoms with Crippen LogP contribution in [-0.2, 0) is 6.61 Å². The van der Waals surface area contributed by atoms with Crippen LogP contribution in [0.1, 0.15) is 11.1 Å². The minimum absolute atomic E-state index is 0.334. The van der Waals surface area contributed by atoms with Crippen molar-refractivity contribution in [3.05, 3.63) is 100 Å². The summed E-state index contributed by atoms with van der Waals surface area (Å²) in [7, 11) is 0. The minimum atomic E-state index is -0.334. The number of ether oxygens (including phenoxy) is 1. The minimum Gasteiger partial charge on any atom is -0.489 e. The molecule has 0 unspecified atom stereocenters. The van der Waals surface area contributed by atoms with Crippen molar-refractivity contribution in [1.82, 2.24) is 0 Å². The summed E-state index contributed by atoms with van der Waals surface area (Å²) in [5.41, 5.74) is 3.88. The molecule has 0 bridgehead atoms. The molecule has 0 amide bonds. The van der Waals surface area contributed by atoms with E-state index in [1.54, 1.807) is 0 Å². The number of fused-ring (bicyclic) bond motifs is 1. The number of benzene rings is 3. The smallest absolute Gasteiger partial charge is 0.344 e. The molecule has 128 valence electrons. The van der Waals surface area contributed by atoms with E-state index in [9.17, 15) is 4.79 Å². The van der Waals surface area contributed by atoms with Gasteiger partial charge in [-0.3, -0.25) is 0 Å². The first-order chi connectivity index (χ1) is 12.7. The molecule has 0 saturated carbocycles. The predicted octanol–water partition coefficient (Wildman–Crippen LogP) is 5.35. The van der Waals surface area contributed by atoms with Crippen molar-refractivity contribution >= 4 is 11.0 Å². The fourth-order valence-corrected chi connectivity index (χ4v) is 2.92. The predicted molar refractivity (Wildman–Crippen MR) is 103 cm³/mol. The first-order valence-corrected chi connectivity index (χ1v) is 8.51. The first-order valence-electron chi connectivity index (χ1n) is 8.51. The van der Waals surface area contributed by atoms with Gasteiger partial charge >= 0.3 is 5.63 Å². The van der Waals surface area contributed by atoms with Gasteiger partial charge in [-0.2, -0.15) is 0 Å². The van der Waals surface area contributed by atoms with Gasteiger partial charge in [0.1, 0.15) is 17.9 Å². The lowest BCUT2D eigenvalue weighted by molar-refractivity contribution is 0.306. The molecule has 3 heteroatoms. The average Bonchev–Trinajstić information content (AvgIpc) is 2.67. The summed E-state index contributed by atoms with van der Waals surface area (Å²) in [6, 6.07) is 25.2. The number of rotatable bonds is 4. The molecule has 0 aliphatic rings. The molecule has 1 heterocycles. The van der Waals surface area contributed by atoms with E-state index in [0.717, 1.165) is 27.8 Å². The Hall–Kier alpha value is -3.33. The van der Waals surface area contributed by atoms with Gasteiger partial charge in [-0.1, -0.05) is 54.1 Å². The highest BCUT2D eigenvalue weighted by molar-refractivity contribution is 5.82. The van der Waals surface area contributed by atoms with E-state index >= 15 is 0 Å². The molecule has 0 aliphatic heterocycles. The molecule has 0 fully saturated rings. The third-order valence-electron chi connectivity index (χ3n) is 4.30. The second kappa shape index (κ2) is 6.89. The van der Waals surface area contributed by atoms with Crippen LogP contribution in [0.3, 0.4) is 0 Å². The number of hydrogen-bond donors (Lipinski definition) is 0. The van der Waals surface area contributed by atoms with Gasteiger partial charge in [0.25, 0.3) is 0 Å². The van der Waals surface area contributed by atoms with Gasteiger partial charge in [-0.05, 0) is 48.4 Å². The molecule has 0 radical (unpaired) electrons. The molecule has 4 rings (SSSR count). The highest BCUT2D eigenvalue weighted by atomic mass is 16.5.